The Morgan fingerprint density at radius 3 is 2.87 bits per heavy atom. The van der Waals surface area contributed by atoms with Crippen LogP contribution in [-0.4, -0.2) is 22.9 Å². The quantitative estimate of drug-likeness (QED) is 0.549. The lowest BCUT2D eigenvalue weighted by molar-refractivity contribution is -0.0722. The Bertz CT molecular complexity index is 636. The molecule has 3 nitrogen and oxygen atoms in total. The molecule has 3 heteroatoms. The molecule has 3 saturated carbocycles. The van der Waals surface area contributed by atoms with Crippen LogP contribution in [0, 0.1) is 39.9 Å². The topological polar surface area (TPSA) is 56.5 Å². The number of epoxide rings is 1. The van der Waals surface area contributed by atoms with Crippen LogP contribution in [0.5, 0.6) is 0 Å². The molecular formula is C20H27NO2. The minimum atomic E-state index is -0.462. The highest BCUT2D eigenvalue weighted by molar-refractivity contribution is 5.34. The molecule has 1 aliphatic heterocycles. The zero-order valence-electron chi connectivity index (χ0n) is 14.2. The fourth-order valence-electron chi connectivity index (χ4n) is 7.22. The van der Waals surface area contributed by atoms with Crippen molar-refractivity contribution < 1.29 is 9.84 Å². The third kappa shape index (κ3) is 1.53. The second kappa shape index (κ2) is 4.21. The van der Waals surface area contributed by atoms with Gasteiger partial charge >= 0.3 is 0 Å². The van der Waals surface area contributed by atoms with Crippen molar-refractivity contribution in [2.75, 3.05) is 0 Å². The van der Waals surface area contributed by atoms with E-state index >= 15 is 0 Å². The van der Waals surface area contributed by atoms with Gasteiger partial charge in [-0.05, 0) is 68.1 Å². The molecule has 5 aliphatic rings. The van der Waals surface area contributed by atoms with Crippen molar-refractivity contribution in [3.05, 3.63) is 11.6 Å². The maximum absolute atomic E-state index is 10.1. The van der Waals surface area contributed by atoms with Crippen molar-refractivity contribution in [2.45, 2.75) is 76.6 Å². The van der Waals surface area contributed by atoms with Gasteiger partial charge in [0.25, 0.3) is 0 Å². The molecule has 124 valence electrons. The molecule has 23 heavy (non-hydrogen) atoms. The van der Waals surface area contributed by atoms with E-state index in [1.807, 2.05) is 0 Å². The van der Waals surface area contributed by atoms with E-state index in [0.29, 0.717) is 11.8 Å². The lowest BCUT2D eigenvalue weighted by atomic mass is 9.47. The number of aliphatic hydroxyl groups excluding tert-OH is 1. The molecule has 1 N–H and O–H groups in total. The predicted octanol–water partition coefficient (Wildman–Crippen LogP) is 3.58. The Labute approximate surface area is 138 Å². The standard InChI is InChI=1S/C20H27NO2/c1-18-7-5-13(22)9-12(18)3-4-14-15(18)6-8-19(2)16(14)10-17-20(19,11-21)23-17/h3,13-17,22H,4-10H2,1-2H3/t13-,14+,15-,16-,17+,18-,19-,20+/m0/s1. The summed E-state index contributed by atoms with van der Waals surface area (Å²) < 4.78 is 5.88. The van der Waals surface area contributed by atoms with E-state index in [1.54, 1.807) is 0 Å². The van der Waals surface area contributed by atoms with Crippen LogP contribution in [0.2, 0.25) is 0 Å². The summed E-state index contributed by atoms with van der Waals surface area (Å²) in [5, 5.41) is 19.8. The zero-order valence-corrected chi connectivity index (χ0v) is 14.2. The van der Waals surface area contributed by atoms with Crippen LogP contribution in [0.25, 0.3) is 0 Å². The van der Waals surface area contributed by atoms with Gasteiger partial charge in [0, 0.05) is 5.41 Å². The molecule has 8 atom stereocenters. The van der Waals surface area contributed by atoms with E-state index in [-0.39, 0.29) is 23.0 Å². The predicted molar refractivity (Wildman–Crippen MR) is 86.3 cm³/mol. The normalized spacial score (nSPS) is 59.7. The van der Waals surface area contributed by atoms with Gasteiger partial charge < -0.3 is 9.84 Å². The van der Waals surface area contributed by atoms with Gasteiger partial charge in [-0.25, -0.2) is 0 Å². The summed E-state index contributed by atoms with van der Waals surface area (Å²) in [4.78, 5) is 0. The maximum Gasteiger partial charge on any atom is 0.186 e. The number of rotatable bonds is 0. The smallest absolute Gasteiger partial charge is 0.186 e. The Morgan fingerprint density at radius 2 is 2.09 bits per heavy atom. The fraction of sp³-hybridized carbons (Fsp3) is 0.850. The first-order valence-electron chi connectivity index (χ1n) is 9.41. The van der Waals surface area contributed by atoms with Crippen LogP contribution in [0.4, 0.5) is 0 Å². The molecule has 0 spiro atoms. The van der Waals surface area contributed by atoms with Crippen molar-refractivity contribution in [3.8, 4) is 6.07 Å². The highest BCUT2D eigenvalue weighted by atomic mass is 16.6. The summed E-state index contributed by atoms with van der Waals surface area (Å²) in [6.07, 6.45) is 10.1. The zero-order chi connectivity index (χ0) is 16.0. The highest BCUT2D eigenvalue weighted by Gasteiger charge is 2.78. The number of nitrogens with zero attached hydrogens (tertiary/aromatic N) is 1. The van der Waals surface area contributed by atoms with Gasteiger partial charge in [0.15, 0.2) is 5.60 Å². The summed E-state index contributed by atoms with van der Waals surface area (Å²) in [6, 6.07) is 2.55. The monoisotopic (exact) mass is 313 g/mol. The lowest BCUT2D eigenvalue weighted by Gasteiger charge is -2.58. The van der Waals surface area contributed by atoms with Gasteiger partial charge in [-0.1, -0.05) is 25.5 Å². The van der Waals surface area contributed by atoms with Crippen LogP contribution in [0.3, 0.4) is 0 Å². The van der Waals surface area contributed by atoms with Crippen molar-refractivity contribution >= 4 is 0 Å². The first-order chi connectivity index (χ1) is 10.9. The summed E-state index contributed by atoms with van der Waals surface area (Å²) in [5.41, 5.74) is 1.41. The van der Waals surface area contributed by atoms with Gasteiger partial charge in [-0.15, -0.1) is 0 Å². The van der Waals surface area contributed by atoms with Crippen LogP contribution >= 0.6 is 0 Å². The van der Waals surface area contributed by atoms with E-state index in [4.69, 9.17) is 4.74 Å². The summed E-state index contributed by atoms with van der Waals surface area (Å²) in [6.45, 7) is 4.78. The molecule has 1 heterocycles. The van der Waals surface area contributed by atoms with Crippen molar-refractivity contribution in [3.63, 3.8) is 0 Å². The molecule has 0 radical (unpaired) electrons. The number of fused-ring (bicyclic) bond motifs is 7. The first kappa shape index (κ1) is 14.5. The second-order valence-electron chi connectivity index (χ2n) is 9.30. The van der Waals surface area contributed by atoms with E-state index in [1.165, 1.54) is 12.0 Å². The molecule has 0 aromatic carbocycles. The number of hydrogen-bond donors (Lipinski definition) is 1. The average Bonchev–Trinajstić information content (AvgIpc) is 3.20. The van der Waals surface area contributed by atoms with Crippen LogP contribution in [0.1, 0.15) is 58.8 Å². The SMILES string of the molecule is C[C@]12CC[C@H](O)CC1=CC[C@@H]1[C@@H]2CC[C@@]2(C)[C@H]1C[C@H]1O[C@]12C#N. The van der Waals surface area contributed by atoms with Gasteiger partial charge in [0.1, 0.15) is 12.2 Å². The van der Waals surface area contributed by atoms with E-state index in [2.05, 4.69) is 26.0 Å². The van der Waals surface area contributed by atoms with Gasteiger partial charge in [-0.2, -0.15) is 5.26 Å². The minimum Gasteiger partial charge on any atom is -0.393 e. The lowest BCUT2D eigenvalue weighted by Crippen LogP contribution is -2.52. The van der Waals surface area contributed by atoms with E-state index < -0.39 is 5.60 Å². The summed E-state index contributed by atoms with van der Waals surface area (Å²) in [5.74, 6) is 2.09. The Kier molecular flexibility index (Phi) is 2.65. The van der Waals surface area contributed by atoms with Crippen LogP contribution < -0.4 is 0 Å². The molecule has 4 fully saturated rings. The van der Waals surface area contributed by atoms with E-state index in [0.717, 1.165) is 44.4 Å². The van der Waals surface area contributed by atoms with Gasteiger partial charge in [0.2, 0.25) is 0 Å². The molecule has 5 rings (SSSR count). The molecule has 0 unspecified atom stereocenters. The number of hydrogen-bond acceptors (Lipinski definition) is 3. The summed E-state index contributed by atoms with van der Waals surface area (Å²) in [7, 11) is 0. The third-order valence-electron chi connectivity index (χ3n) is 8.67. The van der Waals surface area contributed by atoms with E-state index in [9.17, 15) is 10.4 Å². The van der Waals surface area contributed by atoms with Crippen LogP contribution in [0.15, 0.2) is 11.6 Å². The highest BCUT2D eigenvalue weighted by Crippen LogP contribution is 2.72. The van der Waals surface area contributed by atoms with Crippen molar-refractivity contribution in [2.24, 2.45) is 28.6 Å². The number of ether oxygens (including phenoxy) is 1. The molecular weight excluding hydrogens is 286 g/mol. The van der Waals surface area contributed by atoms with Gasteiger partial charge in [0.05, 0.1) is 6.10 Å². The largest absolute Gasteiger partial charge is 0.393 e. The van der Waals surface area contributed by atoms with Gasteiger partial charge in [-0.3, -0.25) is 0 Å². The average molecular weight is 313 g/mol. The van der Waals surface area contributed by atoms with Crippen molar-refractivity contribution in [1.82, 2.24) is 0 Å². The minimum absolute atomic E-state index is 0.0590. The molecule has 0 aromatic heterocycles. The number of allylic oxidation sites excluding steroid dienone is 1. The van der Waals surface area contributed by atoms with Crippen molar-refractivity contribution in [1.29, 1.82) is 5.26 Å². The molecule has 0 amide bonds. The fourth-order valence-corrected chi connectivity index (χ4v) is 7.22. The maximum atomic E-state index is 10.1. The molecule has 0 bridgehead atoms. The number of nitriles is 1. The Balaban J connectivity index is 1.52. The van der Waals surface area contributed by atoms with Crippen LogP contribution in [-0.2, 0) is 4.74 Å². The molecule has 1 saturated heterocycles. The Hall–Kier alpha value is -0.850. The third-order valence-corrected chi connectivity index (χ3v) is 8.67. The number of aliphatic hydroxyl groups is 1. The molecule has 0 aromatic rings. The first-order valence-corrected chi connectivity index (χ1v) is 9.41. The second-order valence-corrected chi connectivity index (χ2v) is 9.30. The molecule has 4 aliphatic carbocycles. The Morgan fingerprint density at radius 1 is 1.26 bits per heavy atom. The summed E-state index contributed by atoms with van der Waals surface area (Å²) >= 11 is 0.